The third-order valence-corrected chi connectivity index (χ3v) is 5.60. The topological polar surface area (TPSA) is 66.8 Å². The van der Waals surface area contributed by atoms with Gasteiger partial charge >= 0.3 is 5.97 Å². The van der Waals surface area contributed by atoms with Gasteiger partial charge < -0.3 is 14.9 Å². The summed E-state index contributed by atoms with van der Waals surface area (Å²) in [6.07, 6.45) is 1.70. The number of cyclic esters (lactones) is 1. The minimum absolute atomic E-state index is 0.0976. The van der Waals surface area contributed by atoms with Gasteiger partial charge in [0.25, 0.3) is 0 Å². The smallest absolute Gasteiger partial charge is 0.337 e. The summed E-state index contributed by atoms with van der Waals surface area (Å²) in [6, 6.07) is 0. The maximum atomic E-state index is 12.1. The normalized spacial score (nSPS) is 44.7. The van der Waals surface area contributed by atoms with Crippen LogP contribution in [0.5, 0.6) is 0 Å². The van der Waals surface area contributed by atoms with Crippen LogP contribution in [-0.2, 0) is 9.53 Å². The third kappa shape index (κ3) is 1.62. The number of hydrogen-bond acceptors (Lipinski definition) is 4. The highest BCUT2D eigenvalue weighted by atomic mass is 16.6. The first-order valence-electron chi connectivity index (χ1n) is 7.09. The zero-order chi connectivity index (χ0) is 14.0. The van der Waals surface area contributed by atoms with Crippen LogP contribution in [0.4, 0.5) is 0 Å². The molecule has 3 rings (SSSR count). The van der Waals surface area contributed by atoms with E-state index >= 15 is 0 Å². The van der Waals surface area contributed by atoms with Crippen LogP contribution >= 0.6 is 0 Å². The highest BCUT2D eigenvalue weighted by Crippen LogP contribution is 2.61. The Labute approximate surface area is 113 Å². The molecular weight excluding hydrogens is 244 g/mol. The van der Waals surface area contributed by atoms with Crippen LogP contribution in [0.15, 0.2) is 11.1 Å². The lowest BCUT2D eigenvalue weighted by Crippen LogP contribution is -2.49. The van der Waals surface area contributed by atoms with Crippen molar-refractivity contribution in [3.8, 4) is 0 Å². The van der Waals surface area contributed by atoms with Crippen molar-refractivity contribution in [1.29, 1.82) is 0 Å². The van der Waals surface area contributed by atoms with E-state index in [9.17, 15) is 15.0 Å². The molecule has 4 atom stereocenters. The second-order valence-corrected chi connectivity index (χ2v) is 7.15. The maximum Gasteiger partial charge on any atom is 0.337 e. The van der Waals surface area contributed by atoms with Crippen molar-refractivity contribution < 1.29 is 19.7 Å². The van der Waals surface area contributed by atoms with Crippen molar-refractivity contribution in [2.75, 3.05) is 0 Å². The van der Waals surface area contributed by atoms with Gasteiger partial charge in [0.15, 0.2) is 0 Å². The molecule has 0 aromatic heterocycles. The Balaban J connectivity index is 2.15. The third-order valence-electron chi connectivity index (χ3n) is 5.60. The average Bonchev–Trinajstić information content (AvgIpc) is 2.59. The Bertz CT molecular complexity index is 465. The van der Waals surface area contributed by atoms with E-state index < -0.39 is 18.4 Å². The van der Waals surface area contributed by atoms with Gasteiger partial charge in [-0.3, -0.25) is 0 Å². The molecule has 1 fully saturated rings. The maximum absolute atomic E-state index is 12.1. The summed E-state index contributed by atoms with van der Waals surface area (Å²) in [6.45, 7) is 6.52. The molecule has 0 unspecified atom stereocenters. The first-order valence-corrected chi connectivity index (χ1v) is 7.09. The van der Waals surface area contributed by atoms with E-state index in [-0.39, 0.29) is 16.7 Å². The van der Waals surface area contributed by atoms with Gasteiger partial charge in [-0.2, -0.15) is 0 Å². The SMILES string of the molecule is CC1(C)CCC[C@]2(C)C3=C([C@@H](O)C[C@@H]12)[C@@H](O)OC3=O. The monoisotopic (exact) mass is 266 g/mol. The summed E-state index contributed by atoms with van der Waals surface area (Å²) in [5.41, 5.74) is 0.795. The molecule has 4 nitrogen and oxygen atoms in total. The fourth-order valence-electron chi connectivity index (χ4n) is 4.71. The molecule has 0 saturated heterocycles. The number of carbonyl (C=O) groups is 1. The molecule has 1 heterocycles. The van der Waals surface area contributed by atoms with E-state index in [2.05, 4.69) is 20.8 Å². The van der Waals surface area contributed by atoms with Crippen molar-refractivity contribution in [2.24, 2.45) is 16.7 Å². The molecule has 0 amide bonds. The van der Waals surface area contributed by atoms with Crippen molar-refractivity contribution in [3.05, 3.63) is 11.1 Å². The van der Waals surface area contributed by atoms with Crippen molar-refractivity contribution in [1.82, 2.24) is 0 Å². The standard InChI is InChI=1S/C15H22O4/c1-14(2)5-4-6-15(3)9(14)7-8(16)10-11(15)13(18)19-12(10)17/h8-9,12,16-17H,4-7H2,1-3H3/t8-,9-,12-,15-/m0/s1. The van der Waals surface area contributed by atoms with Crippen LogP contribution in [0.25, 0.3) is 0 Å². The van der Waals surface area contributed by atoms with E-state index in [1.165, 1.54) is 0 Å². The largest absolute Gasteiger partial charge is 0.428 e. The van der Waals surface area contributed by atoms with E-state index in [0.717, 1.165) is 19.3 Å². The minimum Gasteiger partial charge on any atom is -0.428 e. The zero-order valence-electron chi connectivity index (χ0n) is 11.8. The number of ether oxygens (including phenoxy) is 1. The van der Waals surface area contributed by atoms with Crippen LogP contribution in [0, 0.1) is 16.7 Å². The van der Waals surface area contributed by atoms with Gasteiger partial charge in [-0.15, -0.1) is 0 Å². The average molecular weight is 266 g/mol. The summed E-state index contributed by atoms with van der Waals surface area (Å²) in [5, 5.41) is 20.1. The van der Waals surface area contributed by atoms with Gasteiger partial charge in [-0.25, -0.2) is 4.79 Å². The number of hydrogen-bond donors (Lipinski definition) is 2. The summed E-state index contributed by atoms with van der Waals surface area (Å²) in [5.74, 6) is -0.188. The van der Waals surface area contributed by atoms with E-state index in [1.54, 1.807) is 0 Å². The lowest BCUT2D eigenvalue weighted by molar-refractivity contribution is -0.153. The van der Waals surface area contributed by atoms with Gasteiger partial charge in [0.1, 0.15) is 0 Å². The van der Waals surface area contributed by atoms with Crippen LogP contribution in [0.3, 0.4) is 0 Å². The Kier molecular flexibility index (Phi) is 2.64. The number of aliphatic hydroxyl groups is 2. The molecule has 1 aliphatic heterocycles. The minimum atomic E-state index is -1.25. The molecule has 106 valence electrons. The van der Waals surface area contributed by atoms with E-state index in [0.29, 0.717) is 17.6 Å². The van der Waals surface area contributed by atoms with Gasteiger partial charge in [-0.05, 0) is 30.6 Å². The molecule has 0 aromatic rings. The summed E-state index contributed by atoms with van der Waals surface area (Å²) >= 11 is 0. The van der Waals surface area contributed by atoms with Crippen LogP contribution in [0.2, 0.25) is 0 Å². The molecule has 3 aliphatic rings. The van der Waals surface area contributed by atoms with Crippen molar-refractivity contribution in [2.45, 2.75) is 58.8 Å². The number of carbonyl (C=O) groups excluding carboxylic acids is 1. The Morgan fingerprint density at radius 3 is 2.58 bits per heavy atom. The highest BCUT2D eigenvalue weighted by molar-refractivity contribution is 5.94. The second-order valence-electron chi connectivity index (χ2n) is 7.15. The van der Waals surface area contributed by atoms with Gasteiger partial charge in [0.05, 0.1) is 11.7 Å². The first kappa shape index (κ1) is 13.1. The Hall–Kier alpha value is -0.870. The molecular formula is C15H22O4. The van der Waals surface area contributed by atoms with Gasteiger partial charge in [-0.1, -0.05) is 27.2 Å². The number of fused-ring (bicyclic) bond motifs is 2. The van der Waals surface area contributed by atoms with Crippen LogP contribution < -0.4 is 0 Å². The van der Waals surface area contributed by atoms with E-state index in [1.807, 2.05) is 0 Å². The molecule has 0 aromatic carbocycles. The lowest BCUT2D eigenvalue weighted by atomic mass is 9.50. The van der Waals surface area contributed by atoms with Crippen LogP contribution in [0.1, 0.15) is 46.5 Å². The highest BCUT2D eigenvalue weighted by Gasteiger charge is 2.58. The molecule has 0 bridgehead atoms. The summed E-state index contributed by atoms with van der Waals surface area (Å²) in [4.78, 5) is 12.1. The number of esters is 1. The van der Waals surface area contributed by atoms with Crippen LogP contribution in [-0.4, -0.2) is 28.6 Å². The predicted octanol–water partition coefficient (Wildman–Crippen LogP) is 1.76. The van der Waals surface area contributed by atoms with Gasteiger partial charge in [0, 0.05) is 11.0 Å². The first-order chi connectivity index (χ1) is 8.77. The molecule has 0 spiro atoms. The Morgan fingerprint density at radius 2 is 1.89 bits per heavy atom. The van der Waals surface area contributed by atoms with E-state index in [4.69, 9.17) is 4.74 Å². The zero-order valence-corrected chi connectivity index (χ0v) is 11.8. The molecule has 19 heavy (non-hydrogen) atoms. The number of aliphatic hydroxyl groups excluding tert-OH is 2. The fourth-order valence-corrected chi connectivity index (χ4v) is 4.71. The molecule has 0 radical (unpaired) electrons. The summed E-state index contributed by atoms with van der Waals surface area (Å²) < 4.78 is 4.94. The Morgan fingerprint density at radius 1 is 1.21 bits per heavy atom. The van der Waals surface area contributed by atoms with Crippen molar-refractivity contribution >= 4 is 5.97 Å². The predicted molar refractivity (Wildman–Crippen MR) is 69.0 cm³/mol. The molecule has 2 N–H and O–H groups in total. The molecule has 1 saturated carbocycles. The number of rotatable bonds is 0. The van der Waals surface area contributed by atoms with Crippen molar-refractivity contribution in [3.63, 3.8) is 0 Å². The van der Waals surface area contributed by atoms with Gasteiger partial charge in [0.2, 0.25) is 6.29 Å². The quantitative estimate of drug-likeness (QED) is 0.656. The summed E-state index contributed by atoms with van der Waals surface area (Å²) in [7, 11) is 0. The molecule has 4 heteroatoms. The molecule has 2 aliphatic carbocycles. The fraction of sp³-hybridized carbons (Fsp3) is 0.800. The second kappa shape index (κ2) is 3.83. The lowest BCUT2D eigenvalue weighted by Gasteiger charge is -2.54.